The van der Waals surface area contributed by atoms with Crippen LogP contribution < -0.4 is 0 Å². The van der Waals surface area contributed by atoms with E-state index in [1.54, 1.807) is 12.4 Å². The van der Waals surface area contributed by atoms with Crippen LogP contribution in [0.4, 0.5) is 8.78 Å². The number of aromatic nitrogens is 2. The van der Waals surface area contributed by atoms with Crippen LogP contribution in [0.1, 0.15) is 0 Å². The molecule has 82 valence electrons. The number of hydrogen-bond acceptors (Lipinski definition) is 3. The first-order chi connectivity index (χ1) is 7.65. The SMILES string of the molecule is Fc1ccc(Sc2ncc(I)cn2)c(F)c1. The molecule has 0 amide bonds. The minimum Gasteiger partial charge on any atom is -0.230 e. The van der Waals surface area contributed by atoms with E-state index in [1.807, 2.05) is 0 Å². The second-order valence-electron chi connectivity index (χ2n) is 2.86. The molecule has 0 bridgehead atoms. The Morgan fingerprint density at radius 2 is 1.81 bits per heavy atom. The van der Waals surface area contributed by atoms with Gasteiger partial charge in [0.15, 0.2) is 5.16 Å². The van der Waals surface area contributed by atoms with E-state index in [9.17, 15) is 8.78 Å². The van der Waals surface area contributed by atoms with Crippen LogP contribution in [0, 0.1) is 15.2 Å². The molecular weight excluding hydrogens is 345 g/mol. The predicted molar refractivity (Wildman–Crippen MR) is 65.2 cm³/mol. The smallest absolute Gasteiger partial charge is 0.192 e. The Bertz CT molecular complexity index is 505. The highest BCUT2D eigenvalue weighted by atomic mass is 127. The molecule has 0 radical (unpaired) electrons. The zero-order chi connectivity index (χ0) is 11.5. The van der Waals surface area contributed by atoms with E-state index in [0.29, 0.717) is 10.1 Å². The average Bonchev–Trinajstić information content (AvgIpc) is 2.25. The molecule has 2 rings (SSSR count). The summed E-state index contributed by atoms with van der Waals surface area (Å²) in [5.41, 5.74) is 0. The Morgan fingerprint density at radius 1 is 1.12 bits per heavy atom. The quantitative estimate of drug-likeness (QED) is 0.612. The molecule has 0 unspecified atom stereocenters. The Morgan fingerprint density at radius 3 is 2.44 bits per heavy atom. The number of halogens is 3. The lowest BCUT2D eigenvalue weighted by Gasteiger charge is -2.01. The van der Waals surface area contributed by atoms with Gasteiger partial charge in [0.1, 0.15) is 11.6 Å². The minimum atomic E-state index is -0.604. The summed E-state index contributed by atoms with van der Waals surface area (Å²) in [6.07, 6.45) is 3.27. The topological polar surface area (TPSA) is 25.8 Å². The number of benzene rings is 1. The highest BCUT2D eigenvalue weighted by Crippen LogP contribution is 2.27. The first-order valence-corrected chi connectivity index (χ1v) is 6.15. The van der Waals surface area contributed by atoms with Crippen LogP contribution in [0.3, 0.4) is 0 Å². The Kier molecular flexibility index (Phi) is 3.70. The van der Waals surface area contributed by atoms with Crippen molar-refractivity contribution in [3.05, 3.63) is 45.8 Å². The van der Waals surface area contributed by atoms with Gasteiger partial charge >= 0.3 is 0 Å². The summed E-state index contributed by atoms with van der Waals surface area (Å²) in [7, 11) is 0. The van der Waals surface area contributed by atoms with Crippen molar-refractivity contribution in [3.63, 3.8) is 0 Å². The zero-order valence-corrected chi connectivity index (χ0v) is 10.8. The van der Waals surface area contributed by atoms with E-state index >= 15 is 0 Å². The van der Waals surface area contributed by atoms with Crippen LogP contribution in [0.2, 0.25) is 0 Å². The van der Waals surface area contributed by atoms with Crippen LogP contribution in [0.5, 0.6) is 0 Å². The van der Waals surface area contributed by atoms with Crippen molar-refractivity contribution in [3.8, 4) is 0 Å². The molecule has 1 aromatic carbocycles. The fraction of sp³-hybridized carbons (Fsp3) is 0. The lowest BCUT2D eigenvalue weighted by molar-refractivity contribution is 0.565. The molecule has 0 fully saturated rings. The van der Waals surface area contributed by atoms with Gasteiger partial charge in [-0.25, -0.2) is 18.7 Å². The molecule has 0 aliphatic rings. The van der Waals surface area contributed by atoms with E-state index in [2.05, 4.69) is 32.6 Å². The molecule has 0 aliphatic carbocycles. The van der Waals surface area contributed by atoms with Crippen molar-refractivity contribution in [1.82, 2.24) is 9.97 Å². The third-order valence-corrected chi connectivity index (χ3v) is 3.19. The summed E-state index contributed by atoms with van der Waals surface area (Å²) in [6, 6.07) is 3.42. The van der Waals surface area contributed by atoms with Crippen molar-refractivity contribution < 1.29 is 8.78 Å². The van der Waals surface area contributed by atoms with Crippen LogP contribution in [0.15, 0.2) is 40.6 Å². The Labute approximate surface area is 109 Å². The van der Waals surface area contributed by atoms with Gasteiger partial charge < -0.3 is 0 Å². The molecule has 1 heterocycles. The predicted octanol–water partition coefficient (Wildman–Crippen LogP) is 3.51. The highest BCUT2D eigenvalue weighted by molar-refractivity contribution is 14.1. The monoisotopic (exact) mass is 350 g/mol. The van der Waals surface area contributed by atoms with Gasteiger partial charge in [0.05, 0.1) is 4.90 Å². The molecule has 2 aromatic rings. The summed E-state index contributed by atoms with van der Waals surface area (Å²) >= 11 is 3.15. The molecule has 0 saturated heterocycles. The van der Waals surface area contributed by atoms with Crippen LogP contribution >= 0.6 is 34.4 Å². The second-order valence-corrected chi connectivity index (χ2v) is 5.12. The van der Waals surface area contributed by atoms with Gasteiger partial charge in [-0.05, 0) is 46.5 Å². The van der Waals surface area contributed by atoms with E-state index in [0.717, 1.165) is 21.4 Å². The molecule has 0 saturated carbocycles. The number of hydrogen-bond donors (Lipinski definition) is 0. The standard InChI is InChI=1S/C10H5F2IN2S/c11-6-1-2-9(8(12)3-6)16-10-14-4-7(13)5-15-10/h1-5H. The van der Waals surface area contributed by atoms with E-state index in [4.69, 9.17) is 0 Å². The molecular formula is C10H5F2IN2S. The van der Waals surface area contributed by atoms with E-state index in [-0.39, 0.29) is 0 Å². The maximum absolute atomic E-state index is 13.3. The zero-order valence-electron chi connectivity index (χ0n) is 7.82. The van der Waals surface area contributed by atoms with E-state index in [1.165, 1.54) is 12.1 Å². The fourth-order valence-electron chi connectivity index (χ4n) is 1.01. The maximum atomic E-state index is 13.3. The second kappa shape index (κ2) is 5.05. The summed E-state index contributed by atoms with van der Waals surface area (Å²) < 4.78 is 26.9. The molecule has 0 spiro atoms. The Balaban J connectivity index is 2.23. The van der Waals surface area contributed by atoms with E-state index < -0.39 is 11.6 Å². The molecule has 16 heavy (non-hydrogen) atoms. The first-order valence-electron chi connectivity index (χ1n) is 4.25. The summed E-state index contributed by atoms with van der Waals surface area (Å²) in [4.78, 5) is 8.35. The van der Waals surface area contributed by atoms with Gasteiger partial charge in [0, 0.05) is 22.0 Å². The van der Waals surface area contributed by atoms with Crippen LogP contribution in [0.25, 0.3) is 0 Å². The summed E-state index contributed by atoms with van der Waals surface area (Å²) in [6.45, 7) is 0. The third kappa shape index (κ3) is 2.88. The molecule has 2 nitrogen and oxygen atoms in total. The number of nitrogens with zero attached hydrogens (tertiary/aromatic N) is 2. The van der Waals surface area contributed by atoms with Crippen molar-refractivity contribution in [1.29, 1.82) is 0 Å². The Hall–Kier alpha value is -0.760. The largest absolute Gasteiger partial charge is 0.230 e. The molecule has 1 aromatic heterocycles. The van der Waals surface area contributed by atoms with Crippen molar-refractivity contribution in [2.45, 2.75) is 10.1 Å². The third-order valence-electron chi connectivity index (χ3n) is 1.69. The fourth-order valence-corrected chi connectivity index (χ4v) is 1.99. The van der Waals surface area contributed by atoms with Crippen molar-refractivity contribution in [2.24, 2.45) is 0 Å². The van der Waals surface area contributed by atoms with Crippen LogP contribution in [-0.2, 0) is 0 Å². The van der Waals surface area contributed by atoms with Crippen molar-refractivity contribution >= 4 is 34.4 Å². The normalized spacial score (nSPS) is 10.4. The highest BCUT2D eigenvalue weighted by Gasteiger charge is 2.07. The number of rotatable bonds is 2. The van der Waals surface area contributed by atoms with Gasteiger partial charge in [0.2, 0.25) is 0 Å². The maximum Gasteiger partial charge on any atom is 0.192 e. The summed E-state index contributed by atoms with van der Waals surface area (Å²) in [5, 5.41) is 0.436. The van der Waals surface area contributed by atoms with Gasteiger partial charge in [-0.1, -0.05) is 0 Å². The van der Waals surface area contributed by atoms with Gasteiger partial charge in [-0.15, -0.1) is 0 Å². The lowest BCUT2D eigenvalue weighted by atomic mass is 10.3. The van der Waals surface area contributed by atoms with Gasteiger partial charge in [-0.3, -0.25) is 0 Å². The average molecular weight is 350 g/mol. The lowest BCUT2D eigenvalue weighted by Crippen LogP contribution is -1.88. The van der Waals surface area contributed by atoms with Gasteiger partial charge in [0.25, 0.3) is 0 Å². The first kappa shape index (κ1) is 11.7. The van der Waals surface area contributed by atoms with Crippen LogP contribution in [-0.4, -0.2) is 9.97 Å². The minimum absolute atomic E-state index is 0.308. The molecule has 0 atom stereocenters. The summed E-state index contributed by atoms with van der Waals surface area (Å²) in [5.74, 6) is -1.20. The van der Waals surface area contributed by atoms with Crippen molar-refractivity contribution in [2.75, 3.05) is 0 Å². The molecule has 0 N–H and O–H groups in total. The molecule has 0 aliphatic heterocycles. The van der Waals surface area contributed by atoms with Gasteiger partial charge in [-0.2, -0.15) is 0 Å². The molecule has 6 heteroatoms.